The molecule has 3 aliphatic heterocycles. The van der Waals surface area contributed by atoms with Gasteiger partial charge < -0.3 is 101 Å². The normalized spacial score (nSPS) is 37.3. The second-order valence-corrected chi connectivity index (χ2v) is 13.5. The zero-order valence-corrected chi connectivity index (χ0v) is 30.1. The molecule has 3 saturated heterocycles. The molecule has 0 aromatic heterocycles. The Hall–Kier alpha value is -2.27. The molecule has 320 valence electrons. The Balaban J connectivity index is 1.55. The Labute approximate surface area is 315 Å². The first-order chi connectivity index (χ1) is 26.1. The molecule has 0 radical (unpaired) electrons. The summed E-state index contributed by atoms with van der Waals surface area (Å²) in [5, 5.41) is 117. The number of carboxylic acids is 1. The quantitative estimate of drug-likeness (QED) is 0.0452. The molecule has 55 heavy (non-hydrogen) atoms. The van der Waals surface area contributed by atoms with Gasteiger partial charge in [-0.2, -0.15) is 0 Å². The number of aliphatic hydroxyl groups is 10. The van der Waals surface area contributed by atoms with Crippen LogP contribution in [0.4, 0.5) is 0 Å². The van der Waals surface area contributed by atoms with Crippen LogP contribution in [0, 0.1) is 0 Å². The number of amides is 2. The van der Waals surface area contributed by atoms with Crippen molar-refractivity contribution in [1.29, 1.82) is 0 Å². The Morgan fingerprint density at radius 3 is 1.76 bits per heavy atom. The van der Waals surface area contributed by atoms with Crippen molar-refractivity contribution in [3.05, 3.63) is 0 Å². The number of nitrogens with one attached hydrogen (secondary N) is 2. The number of unbranched alkanes of at least 4 members (excludes halogenated alkanes) is 2. The van der Waals surface area contributed by atoms with Crippen molar-refractivity contribution in [2.75, 3.05) is 39.5 Å². The van der Waals surface area contributed by atoms with E-state index in [1.807, 2.05) is 0 Å². The number of hydrogen-bond donors (Lipinski definition) is 14. The van der Waals surface area contributed by atoms with Gasteiger partial charge in [0.2, 0.25) is 11.8 Å². The fraction of sp³-hybridized carbons (Fsp3) is 0.906. The van der Waals surface area contributed by atoms with E-state index in [2.05, 4.69) is 10.6 Å². The van der Waals surface area contributed by atoms with Gasteiger partial charge in [-0.05, 0) is 38.6 Å². The van der Waals surface area contributed by atoms with Crippen LogP contribution in [0.1, 0.15) is 44.9 Å². The minimum absolute atomic E-state index is 0.00738. The first-order valence-electron chi connectivity index (χ1n) is 18.1. The molecule has 2 amide bonds. The third kappa shape index (κ3) is 13.4. The minimum Gasteiger partial charge on any atom is -0.480 e. The maximum Gasteiger partial charge on any atom is 0.326 e. The fourth-order valence-corrected chi connectivity index (χ4v) is 6.11. The SMILES string of the molecule is NCCCC[C@H](NC(=O)CCCCC(=O)NCCO[C@H]1O[C@H](CO[C@H]2O[C@H](CO)[C@@H](O)[C@H](O)[C@@H]2O)[C@@H](O)[C@H](O[C@H]2O[C@H](CO)[C@@H](O)[C@H](O)[C@@H]2O)[C@@H]1O)C(=O)O. The van der Waals surface area contributed by atoms with Crippen molar-refractivity contribution < 1.29 is 99.0 Å². The molecule has 3 fully saturated rings. The van der Waals surface area contributed by atoms with Crippen LogP contribution in [0.2, 0.25) is 0 Å². The van der Waals surface area contributed by atoms with Gasteiger partial charge in [-0.1, -0.05) is 0 Å². The Morgan fingerprint density at radius 2 is 1.18 bits per heavy atom. The third-order valence-corrected chi connectivity index (χ3v) is 9.40. The molecule has 23 nitrogen and oxygen atoms in total. The van der Waals surface area contributed by atoms with Gasteiger partial charge in [0.1, 0.15) is 79.3 Å². The fourth-order valence-electron chi connectivity index (χ4n) is 6.11. The predicted molar refractivity (Wildman–Crippen MR) is 179 cm³/mol. The molecule has 16 atom stereocenters. The smallest absolute Gasteiger partial charge is 0.326 e. The van der Waals surface area contributed by atoms with E-state index < -0.39 is 136 Å². The lowest BCUT2D eigenvalue weighted by Crippen LogP contribution is -2.65. The summed E-state index contributed by atoms with van der Waals surface area (Å²) in [6, 6.07) is -1.03. The minimum atomic E-state index is -1.92. The van der Waals surface area contributed by atoms with Crippen molar-refractivity contribution in [3.8, 4) is 0 Å². The maximum atomic E-state index is 12.4. The van der Waals surface area contributed by atoms with E-state index >= 15 is 0 Å². The average molecular weight is 804 g/mol. The van der Waals surface area contributed by atoms with Gasteiger partial charge in [0.05, 0.1) is 26.4 Å². The highest BCUT2D eigenvalue weighted by Crippen LogP contribution is 2.31. The molecule has 0 aromatic rings. The van der Waals surface area contributed by atoms with Crippen molar-refractivity contribution in [1.82, 2.24) is 10.6 Å². The summed E-state index contributed by atoms with van der Waals surface area (Å²) in [6.07, 6.45) is -23.4. The van der Waals surface area contributed by atoms with E-state index in [0.29, 0.717) is 32.2 Å². The first-order valence-corrected chi connectivity index (χ1v) is 18.1. The lowest BCUT2D eigenvalue weighted by molar-refractivity contribution is -0.366. The number of carboxylic acid groups (broad SMARTS) is 1. The zero-order chi connectivity index (χ0) is 40.8. The molecule has 0 aliphatic carbocycles. The second kappa shape index (κ2) is 23.2. The number of carbonyl (C=O) groups excluding carboxylic acids is 2. The summed E-state index contributed by atoms with van der Waals surface area (Å²) in [4.78, 5) is 36.0. The van der Waals surface area contributed by atoms with Crippen LogP contribution in [0.5, 0.6) is 0 Å². The van der Waals surface area contributed by atoms with Gasteiger partial charge in [0.25, 0.3) is 0 Å². The molecule has 23 heteroatoms. The van der Waals surface area contributed by atoms with Crippen LogP contribution in [0.3, 0.4) is 0 Å². The van der Waals surface area contributed by atoms with Crippen molar-refractivity contribution in [3.63, 3.8) is 0 Å². The summed E-state index contributed by atoms with van der Waals surface area (Å²) in [6.45, 7) is -2.17. The molecular formula is C32H57N3O20. The van der Waals surface area contributed by atoms with Crippen molar-refractivity contribution >= 4 is 17.8 Å². The molecule has 0 spiro atoms. The number of aliphatic hydroxyl groups excluding tert-OH is 10. The Kier molecular flexibility index (Phi) is 19.9. The van der Waals surface area contributed by atoms with Gasteiger partial charge in [0.15, 0.2) is 18.9 Å². The van der Waals surface area contributed by atoms with Crippen LogP contribution in [-0.2, 0) is 42.8 Å². The Bertz CT molecular complexity index is 1170. The molecule has 0 unspecified atom stereocenters. The van der Waals surface area contributed by atoms with E-state index in [-0.39, 0.29) is 32.4 Å². The summed E-state index contributed by atoms with van der Waals surface area (Å²) in [5.41, 5.74) is 5.42. The highest BCUT2D eigenvalue weighted by atomic mass is 16.7. The molecular weight excluding hydrogens is 746 g/mol. The molecule has 15 N–H and O–H groups in total. The highest BCUT2D eigenvalue weighted by molar-refractivity contribution is 5.83. The number of aliphatic carboxylic acids is 1. The number of hydrogen-bond acceptors (Lipinski definition) is 20. The molecule has 0 bridgehead atoms. The van der Waals surface area contributed by atoms with Crippen molar-refractivity contribution in [2.45, 2.75) is 143 Å². The maximum absolute atomic E-state index is 12.4. The van der Waals surface area contributed by atoms with Crippen LogP contribution in [-0.4, -0.2) is 212 Å². The van der Waals surface area contributed by atoms with E-state index in [1.54, 1.807) is 0 Å². The second-order valence-electron chi connectivity index (χ2n) is 13.5. The van der Waals surface area contributed by atoms with Gasteiger partial charge in [-0.3, -0.25) is 9.59 Å². The number of rotatable bonds is 22. The zero-order valence-electron chi connectivity index (χ0n) is 30.1. The van der Waals surface area contributed by atoms with Gasteiger partial charge in [0, 0.05) is 19.4 Å². The average Bonchev–Trinajstić information content (AvgIpc) is 3.16. The lowest BCUT2D eigenvalue weighted by Gasteiger charge is -2.46. The molecule has 0 aromatic carbocycles. The summed E-state index contributed by atoms with van der Waals surface area (Å²) in [5.74, 6) is -2.02. The van der Waals surface area contributed by atoms with Crippen LogP contribution < -0.4 is 16.4 Å². The topological polar surface area (TPSA) is 379 Å². The number of nitrogens with two attached hydrogens (primary N) is 1. The van der Waals surface area contributed by atoms with Gasteiger partial charge in [-0.25, -0.2) is 4.79 Å². The first kappa shape index (κ1) is 47.1. The third-order valence-electron chi connectivity index (χ3n) is 9.40. The molecule has 3 heterocycles. The van der Waals surface area contributed by atoms with E-state index in [4.69, 9.17) is 34.2 Å². The van der Waals surface area contributed by atoms with Gasteiger partial charge in [-0.15, -0.1) is 0 Å². The van der Waals surface area contributed by atoms with E-state index in [0.717, 1.165) is 0 Å². The van der Waals surface area contributed by atoms with E-state index in [1.165, 1.54) is 0 Å². The van der Waals surface area contributed by atoms with E-state index in [9.17, 15) is 70.6 Å². The monoisotopic (exact) mass is 803 g/mol. The molecule has 3 aliphatic rings. The summed E-state index contributed by atoms with van der Waals surface area (Å²) in [7, 11) is 0. The largest absolute Gasteiger partial charge is 0.480 e. The summed E-state index contributed by atoms with van der Waals surface area (Å²) < 4.78 is 33.1. The van der Waals surface area contributed by atoms with Crippen molar-refractivity contribution in [2.24, 2.45) is 5.73 Å². The van der Waals surface area contributed by atoms with Crippen LogP contribution >= 0.6 is 0 Å². The van der Waals surface area contributed by atoms with Gasteiger partial charge >= 0.3 is 5.97 Å². The number of ether oxygens (including phenoxy) is 6. The standard InChI is InChI=1S/C32H57N3O20/c33-8-4-3-5-14(29(48)49)35-19(39)7-2-1-6-18(38)34-9-10-50-31-27(47)28(55-32-26(46)24(44)21(41)16(12-37)53-32)22(42)17(54-31)13-51-30-25(45)23(43)20(40)15(11-36)52-30/h14-17,20-28,30-32,36-37,40-47H,1-13,33H2,(H,34,38)(H,35,39)(H,48,49)/t14-,15+,16+,17+,20+,21+,22+,23-,24-,25-,26-,27-,28-,30-,31-,32+/m0/s1. The molecule has 0 saturated carbocycles. The van der Waals surface area contributed by atoms with Crippen LogP contribution in [0.25, 0.3) is 0 Å². The summed E-state index contributed by atoms with van der Waals surface area (Å²) >= 11 is 0. The predicted octanol–water partition coefficient (Wildman–Crippen LogP) is -7.17. The molecule has 3 rings (SSSR count). The lowest BCUT2D eigenvalue weighted by atomic mass is 9.96. The van der Waals surface area contributed by atoms with Crippen LogP contribution in [0.15, 0.2) is 0 Å². The highest BCUT2D eigenvalue weighted by Gasteiger charge is 2.52. The number of carbonyl (C=O) groups is 3. The Morgan fingerprint density at radius 1 is 0.636 bits per heavy atom.